The fourth-order valence-corrected chi connectivity index (χ4v) is 1.50. The summed E-state index contributed by atoms with van der Waals surface area (Å²) in [6, 6.07) is 0.0921. The second kappa shape index (κ2) is 7.04. The molecule has 0 aromatic rings. The van der Waals surface area contributed by atoms with Gasteiger partial charge in [-0.2, -0.15) is 0 Å². The minimum atomic E-state index is 0. The molecule has 0 unspecified atom stereocenters. The molecular weight excluding hydrogens is 202 g/mol. The summed E-state index contributed by atoms with van der Waals surface area (Å²) >= 11 is 0. The van der Waals surface area contributed by atoms with Crippen LogP contribution in [0.2, 0.25) is 0 Å². The van der Waals surface area contributed by atoms with Gasteiger partial charge in [-0.15, -0.1) is 12.4 Å². The van der Waals surface area contributed by atoms with Gasteiger partial charge in [-0.3, -0.25) is 4.79 Å². The van der Waals surface area contributed by atoms with Crippen LogP contribution in [0.5, 0.6) is 0 Å². The molecule has 0 saturated carbocycles. The standard InChI is InChI=1S/C9H19N3O.ClH/c1-7(5-10)12-9(13)8-3-2-4-11-6-8;/h7-8,11H,2-6,10H2,1H3,(H,12,13);1H/t7-,8-;/m1./s1. The Bertz CT molecular complexity index is 171. The van der Waals surface area contributed by atoms with Gasteiger partial charge in [0, 0.05) is 19.1 Å². The fourth-order valence-electron chi connectivity index (χ4n) is 1.50. The molecule has 84 valence electrons. The topological polar surface area (TPSA) is 67.1 Å². The van der Waals surface area contributed by atoms with Crippen LogP contribution in [-0.2, 0) is 4.79 Å². The molecule has 1 amide bonds. The quantitative estimate of drug-likeness (QED) is 0.622. The van der Waals surface area contributed by atoms with E-state index in [1.165, 1.54) is 0 Å². The van der Waals surface area contributed by atoms with Crippen molar-refractivity contribution in [3.63, 3.8) is 0 Å². The van der Waals surface area contributed by atoms with Crippen LogP contribution in [0.15, 0.2) is 0 Å². The summed E-state index contributed by atoms with van der Waals surface area (Å²) in [6.07, 6.45) is 2.09. The van der Waals surface area contributed by atoms with Crippen molar-refractivity contribution < 1.29 is 4.79 Å². The average Bonchev–Trinajstić information content (AvgIpc) is 2.19. The van der Waals surface area contributed by atoms with Gasteiger partial charge >= 0.3 is 0 Å². The lowest BCUT2D eigenvalue weighted by Crippen LogP contribution is -2.45. The minimum Gasteiger partial charge on any atom is -0.352 e. The van der Waals surface area contributed by atoms with E-state index >= 15 is 0 Å². The van der Waals surface area contributed by atoms with Gasteiger partial charge in [-0.05, 0) is 26.3 Å². The Kier molecular flexibility index (Phi) is 6.87. The monoisotopic (exact) mass is 221 g/mol. The molecule has 1 aliphatic heterocycles. The Hall–Kier alpha value is -0.320. The van der Waals surface area contributed by atoms with Crippen molar-refractivity contribution in [2.24, 2.45) is 11.7 Å². The third kappa shape index (κ3) is 4.26. The van der Waals surface area contributed by atoms with Gasteiger partial charge in [-0.25, -0.2) is 0 Å². The molecule has 1 saturated heterocycles. The summed E-state index contributed by atoms with van der Waals surface area (Å²) in [4.78, 5) is 11.6. The molecule has 0 aliphatic carbocycles. The van der Waals surface area contributed by atoms with Gasteiger partial charge in [0.15, 0.2) is 0 Å². The highest BCUT2D eigenvalue weighted by Crippen LogP contribution is 2.09. The summed E-state index contributed by atoms with van der Waals surface area (Å²) in [6.45, 7) is 4.28. The van der Waals surface area contributed by atoms with E-state index in [0.717, 1.165) is 25.9 Å². The molecular formula is C9H20ClN3O. The van der Waals surface area contributed by atoms with Gasteiger partial charge in [0.1, 0.15) is 0 Å². The Morgan fingerprint density at radius 3 is 2.93 bits per heavy atom. The minimum absolute atomic E-state index is 0. The number of amides is 1. The number of nitrogens with two attached hydrogens (primary N) is 1. The molecule has 2 atom stereocenters. The number of rotatable bonds is 3. The first-order valence-corrected chi connectivity index (χ1v) is 4.95. The molecule has 0 bridgehead atoms. The Balaban J connectivity index is 0.00000169. The number of carbonyl (C=O) groups is 1. The molecule has 0 radical (unpaired) electrons. The zero-order valence-electron chi connectivity index (χ0n) is 8.58. The van der Waals surface area contributed by atoms with Crippen molar-refractivity contribution in [3.05, 3.63) is 0 Å². The largest absolute Gasteiger partial charge is 0.352 e. The lowest BCUT2D eigenvalue weighted by Gasteiger charge is -2.23. The zero-order valence-corrected chi connectivity index (χ0v) is 9.40. The normalized spacial score (nSPS) is 23.4. The number of nitrogens with one attached hydrogen (secondary N) is 2. The van der Waals surface area contributed by atoms with Crippen LogP contribution in [0.3, 0.4) is 0 Å². The molecule has 1 heterocycles. The number of hydrogen-bond acceptors (Lipinski definition) is 3. The Labute approximate surface area is 91.4 Å². The van der Waals surface area contributed by atoms with Crippen molar-refractivity contribution in [3.8, 4) is 0 Å². The SMILES string of the molecule is C[C@H](CN)NC(=O)[C@@H]1CCCNC1.Cl. The Morgan fingerprint density at radius 2 is 2.43 bits per heavy atom. The van der Waals surface area contributed by atoms with Crippen LogP contribution in [-0.4, -0.2) is 31.6 Å². The summed E-state index contributed by atoms with van der Waals surface area (Å²) in [5, 5.41) is 6.11. The predicted molar refractivity (Wildman–Crippen MR) is 59.5 cm³/mol. The molecule has 1 aliphatic rings. The number of piperidine rings is 1. The van der Waals surface area contributed by atoms with E-state index < -0.39 is 0 Å². The van der Waals surface area contributed by atoms with Crippen molar-refractivity contribution in [2.75, 3.05) is 19.6 Å². The second-order valence-corrected chi connectivity index (χ2v) is 3.69. The van der Waals surface area contributed by atoms with Gasteiger partial charge in [0.2, 0.25) is 5.91 Å². The van der Waals surface area contributed by atoms with Crippen LogP contribution in [0.25, 0.3) is 0 Å². The van der Waals surface area contributed by atoms with Crippen molar-refractivity contribution in [1.82, 2.24) is 10.6 Å². The molecule has 4 nitrogen and oxygen atoms in total. The summed E-state index contributed by atoms with van der Waals surface area (Å²) in [5.41, 5.74) is 5.42. The van der Waals surface area contributed by atoms with Crippen LogP contribution in [0.1, 0.15) is 19.8 Å². The van der Waals surface area contributed by atoms with E-state index in [-0.39, 0.29) is 30.3 Å². The van der Waals surface area contributed by atoms with E-state index in [0.29, 0.717) is 6.54 Å². The van der Waals surface area contributed by atoms with E-state index in [4.69, 9.17) is 5.73 Å². The van der Waals surface area contributed by atoms with Crippen LogP contribution in [0, 0.1) is 5.92 Å². The van der Waals surface area contributed by atoms with Crippen LogP contribution >= 0.6 is 12.4 Å². The van der Waals surface area contributed by atoms with Gasteiger partial charge in [0.05, 0.1) is 5.92 Å². The van der Waals surface area contributed by atoms with Gasteiger partial charge in [-0.1, -0.05) is 0 Å². The van der Waals surface area contributed by atoms with E-state index in [1.807, 2.05) is 6.92 Å². The van der Waals surface area contributed by atoms with Gasteiger partial charge < -0.3 is 16.4 Å². The molecule has 0 aromatic heterocycles. The first-order chi connectivity index (χ1) is 6.24. The van der Waals surface area contributed by atoms with Crippen LogP contribution in [0.4, 0.5) is 0 Å². The fraction of sp³-hybridized carbons (Fsp3) is 0.889. The second-order valence-electron chi connectivity index (χ2n) is 3.69. The molecule has 4 N–H and O–H groups in total. The summed E-state index contributed by atoms with van der Waals surface area (Å²) in [5.74, 6) is 0.285. The highest BCUT2D eigenvalue weighted by Gasteiger charge is 2.21. The summed E-state index contributed by atoms with van der Waals surface area (Å²) in [7, 11) is 0. The predicted octanol–water partition coefficient (Wildman–Crippen LogP) is -0.129. The number of halogens is 1. The highest BCUT2D eigenvalue weighted by atomic mass is 35.5. The molecule has 0 aromatic carbocycles. The van der Waals surface area contributed by atoms with Crippen molar-refractivity contribution >= 4 is 18.3 Å². The smallest absolute Gasteiger partial charge is 0.224 e. The zero-order chi connectivity index (χ0) is 9.68. The molecule has 14 heavy (non-hydrogen) atoms. The van der Waals surface area contributed by atoms with E-state index in [1.54, 1.807) is 0 Å². The molecule has 5 heteroatoms. The third-order valence-corrected chi connectivity index (χ3v) is 2.41. The van der Waals surface area contributed by atoms with Crippen molar-refractivity contribution in [2.45, 2.75) is 25.8 Å². The molecule has 1 fully saturated rings. The molecule has 1 rings (SSSR count). The number of hydrogen-bond donors (Lipinski definition) is 3. The van der Waals surface area contributed by atoms with E-state index in [9.17, 15) is 4.79 Å². The average molecular weight is 222 g/mol. The lowest BCUT2D eigenvalue weighted by molar-refractivity contribution is -0.126. The molecule has 0 spiro atoms. The maximum Gasteiger partial charge on any atom is 0.224 e. The number of carbonyl (C=O) groups excluding carboxylic acids is 1. The van der Waals surface area contributed by atoms with Gasteiger partial charge in [0.25, 0.3) is 0 Å². The van der Waals surface area contributed by atoms with Crippen LogP contribution < -0.4 is 16.4 Å². The maximum absolute atomic E-state index is 11.6. The summed E-state index contributed by atoms with van der Waals surface area (Å²) < 4.78 is 0. The highest BCUT2D eigenvalue weighted by molar-refractivity contribution is 5.85. The van der Waals surface area contributed by atoms with Crippen molar-refractivity contribution in [1.29, 1.82) is 0 Å². The lowest BCUT2D eigenvalue weighted by atomic mass is 9.98. The van der Waals surface area contributed by atoms with E-state index in [2.05, 4.69) is 10.6 Å². The maximum atomic E-state index is 11.6. The first-order valence-electron chi connectivity index (χ1n) is 4.95. The Morgan fingerprint density at radius 1 is 1.71 bits per heavy atom. The third-order valence-electron chi connectivity index (χ3n) is 2.41. The first kappa shape index (κ1) is 13.7.